The molecule has 1 aliphatic rings. The second-order valence-corrected chi connectivity index (χ2v) is 5.27. The number of rotatable bonds is 7. The minimum atomic E-state index is 0.248. The molecule has 5 heteroatoms. The third kappa shape index (κ3) is 4.08. The van der Waals surface area contributed by atoms with E-state index in [9.17, 15) is 0 Å². The molecule has 19 heavy (non-hydrogen) atoms. The highest BCUT2D eigenvalue weighted by Gasteiger charge is 2.33. The number of nitrogens with two attached hydrogens (primary N) is 1. The monoisotopic (exact) mass is 284 g/mol. The molecule has 0 aromatic heterocycles. The van der Waals surface area contributed by atoms with E-state index in [4.69, 9.17) is 26.8 Å². The van der Waals surface area contributed by atoms with Crippen LogP contribution in [0.4, 0.5) is 0 Å². The Kier molecular flexibility index (Phi) is 5.45. The zero-order chi connectivity index (χ0) is 13.7. The van der Waals surface area contributed by atoms with E-state index < -0.39 is 0 Å². The second kappa shape index (κ2) is 7.10. The molecule has 2 N–H and O–H groups in total. The van der Waals surface area contributed by atoms with Crippen molar-refractivity contribution in [2.45, 2.75) is 18.6 Å². The van der Waals surface area contributed by atoms with Gasteiger partial charge in [-0.25, -0.2) is 0 Å². The number of nitrogens with zero attached hydrogens (tertiary/aromatic N) is 1. The summed E-state index contributed by atoms with van der Waals surface area (Å²) in [7, 11) is 1.73. The first-order chi connectivity index (χ1) is 9.22. The lowest BCUT2D eigenvalue weighted by Crippen LogP contribution is -2.59. The Morgan fingerprint density at radius 1 is 1.37 bits per heavy atom. The normalized spacial score (nSPS) is 18.1. The predicted molar refractivity (Wildman–Crippen MR) is 76.8 cm³/mol. The maximum absolute atomic E-state index is 5.87. The van der Waals surface area contributed by atoms with Crippen molar-refractivity contribution in [3.05, 3.63) is 29.3 Å². The summed E-state index contributed by atoms with van der Waals surface area (Å²) in [6.07, 6.45) is 1.21. The maximum atomic E-state index is 5.87. The first kappa shape index (κ1) is 14.6. The SMILES string of the molecule is COC[C@H](CCN)N1CC(Oc2ccc(Cl)cc2)C1. The molecule has 0 amide bonds. The predicted octanol–water partition coefficient (Wildman–Crippen LogP) is 1.77. The third-order valence-corrected chi connectivity index (χ3v) is 3.62. The summed E-state index contributed by atoms with van der Waals surface area (Å²) in [5.74, 6) is 0.871. The number of hydrogen-bond donors (Lipinski definition) is 1. The van der Waals surface area contributed by atoms with E-state index in [1.165, 1.54) is 0 Å². The molecule has 1 aromatic carbocycles. The number of benzene rings is 1. The van der Waals surface area contributed by atoms with Gasteiger partial charge in [0.2, 0.25) is 0 Å². The van der Waals surface area contributed by atoms with E-state index in [0.29, 0.717) is 12.6 Å². The summed E-state index contributed by atoms with van der Waals surface area (Å²) in [4.78, 5) is 2.36. The zero-order valence-corrected chi connectivity index (χ0v) is 12.0. The maximum Gasteiger partial charge on any atom is 0.124 e. The lowest BCUT2D eigenvalue weighted by molar-refractivity contribution is -0.0319. The van der Waals surface area contributed by atoms with Crippen molar-refractivity contribution < 1.29 is 9.47 Å². The molecular weight excluding hydrogens is 264 g/mol. The Hall–Kier alpha value is -0.810. The number of likely N-dealkylation sites (tertiary alicyclic amines) is 1. The standard InChI is InChI=1S/C14H21ClN2O2/c1-18-10-12(6-7-16)17-8-14(9-17)19-13-4-2-11(15)3-5-13/h2-5,12,14H,6-10,16H2,1H3/t12-/m0/s1. The van der Waals surface area contributed by atoms with Crippen LogP contribution in [0.2, 0.25) is 5.02 Å². The first-order valence-electron chi connectivity index (χ1n) is 6.58. The largest absolute Gasteiger partial charge is 0.488 e. The van der Waals surface area contributed by atoms with Crippen LogP contribution in [0.1, 0.15) is 6.42 Å². The fraction of sp³-hybridized carbons (Fsp3) is 0.571. The average Bonchev–Trinajstić information content (AvgIpc) is 2.35. The highest BCUT2D eigenvalue weighted by Crippen LogP contribution is 2.22. The lowest BCUT2D eigenvalue weighted by Gasteiger charge is -2.43. The summed E-state index contributed by atoms with van der Waals surface area (Å²) in [5.41, 5.74) is 5.62. The Bertz CT molecular complexity index is 374. The van der Waals surface area contributed by atoms with Crippen molar-refractivity contribution >= 4 is 11.6 Å². The topological polar surface area (TPSA) is 47.7 Å². The van der Waals surface area contributed by atoms with Crippen molar-refractivity contribution in [1.29, 1.82) is 0 Å². The van der Waals surface area contributed by atoms with Crippen LogP contribution < -0.4 is 10.5 Å². The van der Waals surface area contributed by atoms with Gasteiger partial charge in [-0.2, -0.15) is 0 Å². The van der Waals surface area contributed by atoms with Crippen molar-refractivity contribution in [3.63, 3.8) is 0 Å². The molecule has 106 valence electrons. The van der Waals surface area contributed by atoms with E-state index in [-0.39, 0.29) is 6.10 Å². The molecular formula is C14H21ClN2O2. The van der Waals surface area contributed by atoms with Gasteiger partial charge < -0.3 is 15.2 Å². The molecule has 1 heterocycles. The molecule has 0 bridgehead atoms. The fourth-order valence-electron chi connectivity index (χ4n) is 2.30. The number of hydrogen-bond acceptors (Lipinski definition) is 4. The molecule has 2 rings (SSSR count). The Labute approximate surface area is 119 Å². The molecule has 1 aliphatic heterocycles. The highest BCUT2D eigenvalue weighted by atomic mass is 35.5. The third-order valence-electron chi connectivity index (χ3n) is 3.37. The summed E-state index contributed by atoms with van der Waals surface area (Å²) >= 11 is 5.84. The minimum absolute atomic E-state index is 0.248. The summed E-state index contributed by atoms with van der Waals surface area (Å²) in [6, 6.07) is 7.89. The smallest absolute Gasteiger partial charge is 0.124 e. The lowest BCUT2D eigenvalue weighted by atomic mass is 10.1. The molecule has 4 nitrogen and oxygen atoms in total. The van der Waals surface area contributed by atoms with Crippen molar-refractivity contribution in [3.8, 4) is 5.75 Å². The molecule has 0 aliphatic carbocycles. The van der Waals surface area contributed by atoms with Crippen LogP contribution in [0.3, 0.4) is 0 Å². The molecule has 1 saturated heterocycles. The zero-order valence-electron chi connectivity index (χ0n) is 11.2. The van der Waals surface area contributed by atoms with Crippen LogP contribution in [0.25, 0.3) is 0 Å². The van der Waals surface area contributed by atoms with E-state index >= 15 is 0 Å². The molecule has 0 radical (unpaired) electrons. The van der Waals surface area contributed by atoms with Gasteiger partial charge >= 0.3 is 0 Å². The molecule has 1 aromatic rings. The van der Waals surface area contributed by atoms with E-state index in [1.807, 2.05) is 24.3 Å². The first-order valence-corrected chi connectivity index (χ1v) is 6.96. The fourth-order valence-corrected chi connectivity index (χ4v) is 2.43. The van der Waals surface area contributed by atoms with Gasteiger partial charge in [0.1, 0.15) is 11.9 Å². The highest BCUT2D eigenvalue weighted by molar-refractivity contribution is 6.30. The molecule has 0 saturated carbocycles. The quantitative estimate of drug-likeness (QED) is 0.829. The minimum Gasteiger partial charge on any atom is -0.488 e. The van der Waals surface area contributed by atoms with Crippen LogP contribution >= 0.6 is 11.6 Å². The van der Waals surface area contributed by atoms with Crippen LogP contribution in [-0.2, 0) is 4.74 Å². The van der Waals surface area contributed by atoms with Gasteiger partial charge in [0.25, 0.3) is 0 Å². The van der Waals surface area contributed by atoms with Crippen LogP contribution in [0.5, 0.6) is 5.75 Å². The van der Waals surface area contributed by atoms with Crippen LogP contribution in [0.15, 0.2) is 24.3 Å². The summed E-state index contributed by atoms with van der Waals surface area (Å²) in [5, 5.41) is 0.727. The molecule has 0 spiro atoms. The summed E-state index contributed by atoms with van der Waals surface area (Å²) in [6.45, 7) is 3.27. The molecule has 0 unspecified atom stereocenters. The van der Waals surface area contributed by atoms with Gasteiger partial charge in [0, 0.05) is 31.3 Å². The van der Waals surface area contributed by atoms with Gasteiger partial charge in [-0.15, -0.1) is 0 Å². The van der Waals surface area contributed by atoms with Gasteiger partial charge in [-0.3, -0.25) is 4.90 Å². The summed E-state index contributed by atoms with van der Waals surface area (Å²) < 4.78 is 11.1. The van der Waals surface area contributed by atoms with E-state index in [0.717, 1.165) is 36.9 Å². The molecule has 1 fully saturated rings. The number of methoxy groups -OCH3 is 1. The van der Waals surface area contributed by atoms with E-state index in [1.54, 1.807) is 7.11 Å². The Morgan fingerprint density at radius 2 is 2.05 bits per heavy atom. The molecule has 1 atom stereocenters. The van der Waals surface area contributed by atoms with Crippen molar-refractivity contribution in [2.24, 2.45) is 5.73 Å². The van der Waals surface area contributed by atoms with Crippen molar-refractivity contribution in [1.82, 2.24) is 4.90 Å². The van der Waals surface area contributed by atoms with Gasteiger partial charge in [0.15, 0.2) is 0 Å². The van der Waals surface area contributed by atoms with Gasteiger partial charge in [-0.05, 0) is 37.2 Å². The Morgan fingerprint density at radius 3 is 2.63 bits per heavy atom. The van der Waals surface area contributed by atoms with Gasteiger partial charge in [-0.1, -0.05) is 11.6 Å². The van der Waals surface area contributed by atoms with Crippen LogP contribution in [-0.4, -0.2) is 50.4 Å². The average molecular weight is 285 g/mol. The van der Waals surface area contributed by atoms with E-state index in [2.05, 4.69) is 4.90 Å². The second-order valence-electron chi connectivity index (χ2n) is 4.83. The van der Waals surface area contributed by atoms with Crippen molar-refractivity contribution in [2.75, 3.05) is 33.4 Å². The Balaban J connectivity index is 1.77. The number of halogens is 1. The number of ether oxygens (including phenoxy) is 2. The van der Waals surface area contributed by atoms with Gasteiger partial charge in [0.05, 0.1) is 6.61 Å². The van der Waals surface area contributed by atoms with Crippen LogP contribution in [0, 0.1) is 0 Å².